The van der Waals surface area contributed by atoms with E-state index in [-0.39, 0.29) is 11.8 Å². The van der Waals surface area contributed by atoms with Gasteiger partial charge in [-0.25, -0.2) is 0 Å². The molecule has 0 spiro atoms. The number of hydrogen-bond acceptors (Lipinski definition) is 5. The van der Waals surface area contributed by atoms with E-state index in [0.29, 0.717) is 42.0 Å². The van der Waals surface area contributed by atoms with E-state index in [9.17, 15) is 9.59 Å². The van der Waals surface area contributed by atoms with E-state index >= 15 is 0 Å². The first-order valence-corrected chi connectivity index (χ1v) is 9.08. The van der Waals surface area contributed by atoms with Gasteiger partial charge in [0.05, 0.1) is 31.7 Å². The van der Waals surface area contributed by atoms with Crippen LogP contribution in [0, 0.1) is 5.92 Å². The maximum Gasteiger partial charge on any atom is 0.265 e. The molecule has 0 aromatic heterocycles. The Kier molecular flexibility index (Phi) is 4.83. The summed E-state index contributed by atoms with van der Waals surface area (Å²) in [5.74, 6) is -0.660. The van der Waals surface area contributed by atoms with Gasteiger partial charge < -0.3 is 14.8 Å². The average Bonchev–Trinajstić information content (AvgIpc) is 2.95. The fraction of sp³-hybridized carbons (Fsp3) is 0.286. The molecule has 0 bridgehead atoms. The highest BCUT2D eigenvalue weighted by atomic mass is 16.5. The SMILES string of the molecule is COc1ccc(N2N=C(C)C(C(=O)Nc3cccc(C4COC4)c3)C2=O)cc1. The molecule has 1 atom stereocenters. The zero-order valence-corrected chi connectivity index (χ0v) is 15.7. The van der Waals surface area contributed by atoms with Crippen LogP contribution in [-0.2, 0) is 14.3 Å². The second kappa shape index (κ2) is 7.44. The third-order valence-electron chi connectivity index (χ3n) is 4.97. The number of amides is 2. The van der Waals surface area contributed by atoms with Crippen molar-refractivity contribution in [3.8, 4) is 5.75 Å². The molecular formula is C21H21N3O4. The molecule has 2 heterocycles. The Balaban J connectivity index is 1.48. The van der Waals surface area contributed by atoms with Gasteiger partial charge in [-0.3, -0.25) is 9.59 Å². The first kappa shape index (κ1) is 18.2. The molecule has 1 unspecified atom stereocenters. The molecule has 1 N–H and O–H groups in total. The van der Waals surface area contributed by atoms with E-state index in [0.717, 1.165) is 5.56 Å². The fourth-order valence-electron chi connectivity index (χ4n) is 3.29. The molecule has 2 aliphatic heterocycles. The van der Waals surface area contributed by atoms with Crippen LogP contribution in [0.15, 0.2) is 53.6 Å². The Morgan fingerprint density at radius 2 is 1.96 bits per heavy atom. The molecule has 2 aromatic rings. The van der Waals surface area contributed by atoms with Crippen molar-refractivity contribution in [2.75, 3.05) is 30.6 Å². The molecule has 4 rings (SSSR count). The molecule has 1 saturated heterocycles. The number of benzene rings is 2. The molecular weight excluding hydrogens is 358 g/mol. The predicted octanol–water partition coefficient (Wildman–Crippen LogP) is 2.79. The van der Waals surface area contributed by atoms with E-state index < -0.39 is 5.92 Å². The first-order chi connectivity index (χ1) is 13.6. The van der Waals surface area contributed by atoms with Crippen molar-refractivity contribution in [1.29, 1.82) is 0 Å². The van der Waals surface area contributed by atoms with Crippen LogP contribution in [0.25, 0.3) is 0 Å². The van der Waals surface area contributed by atoms with Gasteiger partial charge in [0.25, 0.3) is 5.91 Å². The summed E-state index contributed by atoms with van der Waals surface area (Å²) in [6, 6.07) is 14.6. The minimum atomic E-state index is -0.946. The maximum atomic E-state index is 12.8. The Hall–Kier alpha value is -3.19. The summed E-state index contributed by atoms with van der Waals surface area (Å²) in [6.45, 7) is 3.08. The van der Waals surface area contributed by atoms with Gasteiger partial charge in [0.1, 0.15) is 5.75 Å². The monoisotopic (exact) mass is 379 g/mol. The number of anilines is 2. The van der Waals surface area contributed by atoms with Gasteiger partial charge >= 0.3 is 0 Å². The number of hydrazone groups is 1. The minimum Gasteiger partial charge on any atom is -0.497 e. The molecule has 144 valence electrons. The van der Waals surface area contributed by atoms with Crippen LogP contribution in [0.2, 0.25) is 0 Å². The Morgan fingerprint density at radius 3 is 2.61 bits per heavy atom. The summed E-state index contributed by atoms with van der Waals surface area (Å²) < 4.78 is 10.4. The lowest BCUT2D eigenvalue weighted by Gasteiger charge is -2.26. The number of methoxy groups -OCH3 is 1. The molecule has 2 aliphatic rings. The molecule has 7 nitrogen and oxygen atoms in total. The van der Waals surface area contributed by atoms with Gasteiger partial charge in [0.2, 0.25) is 5.91 Å². The number of ether oxygens (including phenoxy) is 2. The van der Waals surface area contributed by atoms with Crippen molar-refractivity contribution >= 4 is 28.9 Å². The predicted molar refractivity (Wildman–Crippen MR) is 106 cm³/mol. The first-order valence-electron chi connectivity index (χ1n) is 9.08. The van der Waals surface area contributed by atoms with Crippen LogP contribution in [-0.4, -0.2) is 37.8 Å². The third kappa shape index (κ3) is 3.36. The number of rotatable bonds is 5. The van der Waals surface area contributed by atoms with Crippen molar-refractivity contribution in [1.82, 2.24) is 0 Å². The van der Waals surface area contributed by atoms with Gasteiger partial charge in [0.15, 0.2) is 5.92 Å². The van der Waals surface area contributed by atoms with Crippen molar-refractivity contribution < 1.29 is 19.1 Å². The number of nitrogens with one attached hydrogen (secondary N) is 1. The van der Waals surface area contributed by atoms with Gasteiger partial charge in [-0.15, -0.1) is 0 Å². The smallest absolute Gasteiger partial charge is 0.265 e. The molecule has 7 heteroatoms. The van der Waals surface area contributed by atoms with Gasteiger partial charge in [-0.1, -0.05) is 12.1 Å². The summed E-state index contributed by atoms with van der Waals surface area (Å²) in [7, 11) is 1.58. The van der Waals surface area contributed by atoms with Crippen molar-refractivity contribution in [3.63, 3.8) is 0 Å². The van der Waals surface area contributed by atoms with Crippen LogP contribution in [0.5, 0.6) is 5.75 Å². The van der Waals surface area contributed by atoms with Crippen LogP contribution in [0.3, 0.4) is 0 Å². The van der Waals surface area contributed by atoms with Crippen LogP contribution >= 0.6 is 0 Å². The number of nitrogens with zero attached hydrogens (tertiary/aromatic N) is 2. The Bertz CT molecular complexity index is 935. The minimum absolute atomic E-state index is 0.360. The second-order valence-electron chi connectivity index (χ2n) is 6.87. The summed E-state index contributed by atoms with van der Waals surface area (Å²) in [4.78, 5) is 25.6. The number of carbonyl (C=O) groups excluding carboxylic acids is 2. The van der Waals surface area contributed by atoms with E-state index in [1.165, 1.54) is 5.01 Å². The van der Waals surface area contributed by atoms with E-state index in [2.05, 4.69) is 10.4 Å². The topological polar surface area (TPSA) is 80.2 Å². The normalized spacial score (nSPS) is 19.2. The lowest BCUT2D eigenvalue weighted by molar-refractivity contribution is -0.127. The molecule has 2 amide bonds. The summed E-state index contributed by atoms with van der Waals surface area (Å²) in [5.41, 5.74) is 2.83. The van der Waals surface area contributed by atoms with E-state index in [1.54, 1.807) is 38.3 Å². The zero-order valence-electron chi connectivity index (χ0n) is 15.7. The Morgan fingerprint density at radius 1 is 1.21 bits per heavy atom. The zero-order chi connectivity index (χ0) is 19.7. The lowest BCUT2D eigenvalue weighted by Crippen LogP contribution is -2.36. The fourth-order valence-corrected chi connectivity index (χ4v) is 3.29. The summed E-state index contributed by atoms with van der Waals surface area (Å²) in [5, 5.41) is 8.41. The third-order valence-corrected chi connectivity index (χ3v) is 4.97. The molecule has 0 aliphatic carbocycles. The van der Waals surface area contributed by atoms with Crippen LogP contribution in [0.1, 0.15) is 18.4 Å². The molecule has 28 heavy (non-hydrogen) atoms. The maximum absolute atomic E-state index is 12.8. The highest BCUT2D eigenvalue weighted by Gasteiger charge is 2.39. The lowest BCUT2D eigenvalue weighted by atomic mass is 9.97. The van der Waals surface area contributed by atoms with Gasteiger partial charge in [-0.05, 0) is 48.9 Å². The second-order valence-corrected chi connectivity index (χ2v) is 6.87. The van der Waals surface area contributed by atoms with Crippen molar-refractivity contribution in [2.45, 2.75) is 12.8 Å². The van der Waals surface area contributed by atoms with E-state index in [1.807, 2.05) is 24.3 Å². The molecule has 0 saturated carbocycles. The number of hydrogen-bond donors (Lipinski definition) is 1. The Labute approximate surface area is 162 Å². The molecule has 1 fully saturated rings. The van der Waals surface area contributed by atoms with Gasteiger partial charge in [-0.2, -0.15) is 10.1 Å². The van der Waals surface area contributed by atoms with Crippen molar-refractivity contribution in [2.24, 2.45) is 11.0 Å². The highest BCUT2D eigenvalue weighted by molar-refractivity contribution is 6.28. The quantitative estimate of drug-likeness (QED) is 0.810. The number of carbonyl (C=O) groups is 2. The largest absolute Gasteiger partial charge is 0.497 e. The molecule has 2 aromatic carbocycles. The standard InChI is InChI=1S/C21H21N3O4/c1-13-19(21(26)24(23-13)17-6-8-18(27-2)9-7-17)20(25)22-16-5-3-4-14(10-16)15-11-28-12-15/h3-10,15,19H,11-12H2,1-2H3,(H,22,25). The van der Waals surface area contributed by atoms with Gasteiger partial charge in [0, 0.05) is 11.6 Å². The average molecular weight is 379 g/mol. The van der Waals surface area contributed by atoms with Crippen LogP contribution in [0.4, 0.5) is 11.4 Å². The summed E-state index contributed by atoms with van der Waals surface area (Å²) in [6.07, 6.45) is 0. The highest BCUT2D eigenvalue weighted by Crippen LogP contribution is 2.28. The van der Waals surface area contributed by atoms with Crippen LogP contribution < -0.4 is 15.1 Å². The van der Waals surface area contributed by atoms with E-state index in [4.69, 9.17) is 9.47 Å². The molecule has 0 radical (unpaired) electrons. The summed E-state index contributed by atoms with van der Waals surface area (Å²) >= 11 is 0. The van der Waals surface area contributed by atoms with Crippen molar-refractivity contribution in [3.05, 3.63) is 54.1 Å².